The van der Waals surface area contributed by atoms with Crippen molar-refractivity contribution in [3.63, 3.8) is 0 Å². The van der Waals surface area contributed by atoms with E-state index < -0.39 is 0 Å². The average molecular weight is 372 g/mol. The predicted octanol–water partition coefficient (Wildman–Crippen LogP) is 4.28. The number of benzene rings is 2. The number of alkyl halides is 1. The van der Waals surface area contributed by atoms with Crippen LogP contribution in [0.4, 0.5) is 5.69 Å². The van der Waals surface area contributed by atoms with Gasteiger partial charge in [0.1, 0.15) is 0 Å². The van der Waals surface area contributed by atoms with E-state index in [0.717, 1.165) is 14.8 Å². The molecule has 92 valence electrons. The van der Waals surface area contributed by atoms with Crippen molar-refractivity contribution in [1.29, 1.82) is 0 Å². The lowest BCUT2D eigenvalue weighted by molar-refractivity contribution is 0.102. The number of carbonyl (C=O) groups is 1. The van der Waals surface area contributed by atoms with Crippen LogP contribution in [0.3, 0.4) is 0 Å². The minimum atomic E-state index is -0.0985. The maximum absolute atomic E-state index is 12.0. The minimum Gasteiger partial charge on any atom is -0.322 e. The molecule has 0 atom stereocenters. The van der Waals surface area contributed by atoms with Gasteiger partial charge in [0.05, 0.1) is 5.56 Å². The van der Waals surface area contributed by atoms with E-state index in [-0.39, 0.29) is 5.91 Å². The van der Waals surface area contributed by atoms with Gasteiger partial charge in [-0.25, -0.2) is 0 Å². The third kappa shape index (κ3) is 3.23. The van der Waals surface area contributed by atoms with Crippen molar-refractivity contribution in [2.24, 2.45) is 0 Å². The largest absolute Gasteiger partial charge is 0.322 e. The van der Waals surface area contributed by atoms with Crippen molar-refractivity contribution in [1.82, 2.24) is 0 Å². The van der Waals surface area contributed by atoms with Crippen molar-refractivity contribution in [3.8, 4) is 0 Å². The Morgan fingerprint density at radius 2 is 1.78 bits per heavy atom. The van der Waals surface area contributed by atoms with Gasteiger partial charge in [-0.1, -0.05) is 24.3 Å². The number of carbonyl (C=O) groups excluding carboxylic acids is 1. The molecule has 4 heteroatoms. The molecule has 2 nitrogen and oxygen atoms in total. The molecular formula is C14H11ClINO. The molecular weight excluding hydrogens is 361 g/mol. The topological polar surface area (TPSA) is 29.1 Å². The lowest BCUT2D eigenvalue weighted by atomic mass is 10.2. The lowest BCUT2D eigenvalue weighted by Gasteiger charge is -2.07. The van der Waals surface area contributed by atoms with Gasteiger partial charge in [-0.05, 0) is 52.4 Å². The van der Waals surface area contributed by atoms with Gasteiger partial charge in [-0.3, -0.25) is 4.79 Å². The van der Waals surface area contributed by atoms with Crippen molar-refractivity contribution in [2.45, 2.75) is 5.88 Å². The Balaban J connectivity index is 2.14. The fraction of sp³-hybridized carbons (Fsp3) is 0.0714. The monoisotopic (exact) mass is 371 g/mol. The average Bonchev–Trinajstić information content (AvgIpc) is 2.40. The minimum absolute atomic E-state index is 0.0985. The summed E-state index contributed by atoms with van der Waals surface area (Å²) in [5.74, 6) is 0.378. The van der Waals surface area contributed by atoms with Crippen LogP contribution in [0.5, 0.6) is 0 Å². The van der Waals surface area contributed by atoms with Crippen LogP contribution in [0, 0.1) is 3.57 Å². The van der Waals surface area contributed by atoms with E-state index in [9.17, 15) is 4.79 Å². The fourth-order valence-corrected chi connectivity index (χ4v) is 2.33. The first-order chi connectivity index (χ1) is 8.70. The number of halogens is 2. The highest BCUT2D eigenvalue weighted by Gasteiger charge is 2.08. The fourth-order valence-electron chi connectivity index (χ4n) is 1.52. The third-order valence-electron chi connectivity index (χ3n) is 2.48. The molecule has 0 unspecified atom stereocenters. The maximum Gasteiger partial charge on any atom is 0.256 e. The Morgan fingerprint density at radius 3 is 2.39 bits per heavy atom. The molecule has 0 aliphatic heterocycles. The second-order valence-electron chi connectivity index (χ2n) is 3.76. The smallest absolute Gasteiger partial charge is 0.256 e. The van der Waals surface area contributed by atoms with E-state index >= 15 is 0 Å². The highest BCUT2D eigenvalue weighted by molar-refractivity contribution is 14.1. The number of hydrogen-bond acceptors (Lipinski definition) is 1. The quantitative estimate of drug-likeness (QED) is 0.633. The Morgan fingerprint density at radius 1 is 1.11 bits per heavy atom. The van der Waals surface area contributed by atoms with Crippen LogP contribution in [0.1, 0.15) is 15.9 Å². The molecule has 0 aliphatic rings. The van der Waals surface area contributed by atoms with Crippen LogP contribution in [-0.4, -0.2) is 5.91 Å². The van der Waals surface area contributed by atoms with Gasteiger partial charge in [-0.2, -0.15) is 0 Å². The first-order valence-corrected chi connectivity index (χ1v) is 7.03. The van der Waals surface area contributed by atoms with Gasteiger partial charge in [-0.15, -0.1) is 11.6 Å². The molecule has 18 heavy (non-hydrogen) atoms. The summed E-state index contributed by atoms with van der Waals surface area (Å²) in [6.45, 7) is 0. The Labute approximate surface area is 124 Å². The summed E-state index contributed by atoms with van der Waals surface area (Å²) in [6, 6.07) is 15.0. The lowest BCUT2D eigenvalue weighted by Crippen LogP contribution is -2.13. The van der Waals surface area contributed by atoms with Crippen molar-refractivity contribution in [3.05, 3.63) is 63.2 Å². The summed E-state index contributed by atoms with van der Waals surface area (Å²) in [4.78, 5) is 12.0. The summed E-state index contributed by atoms with van der Waals surface area (Å²) in [5, 5.41) is 2.86. The first kappa shape index (κ1) is 13.4. The normalized spacial score (nSPS) is 10.1. The van der Waals surface area contributed by atoms with Crippen LogP contribution in [0.15, 0.2) is 48.5 Å². The third-order valence-corrected chi connectivity index (χ3v) is 3.73. The van der Waals surface area contributed by atoms with E-state index in [1.165, 1.54) is 0 Å². The highest BCUT2D eigenvalue weighted by atomic mass is 127. The highest BCUT2D eigenvalue weighted by Crippen LogP contribution is 2.15. The Hall–Kier alpha value is -1.07. The molecule has 2 aromatic rings. The van der Waals surface area contributed by atoms with Crippen LogP contribution < -0.4 is 5.32 Å². The number of rotatable bonds is 3. The first-order valence-electron chi connectivity index (χ1n) is 5.41. The van der Waals surface area contributed by atoms with Gasteiger partial charge in [0.15, 0.2) is 0 Å². The van der Waals surface area contributed by atoms with Crippen molar-refractivity contribution < 1.29 is 4.79 Å². The SMILES string of the molecule is O=C(Nc1ccc(CCl)cc1)c1ccccc1I. The van der Waals surface area contributed by atoms with E-state index in [2.05, 4.69) is 27.9 Å². The van der Waals surface area contributed by atoms with Gasteiger partial charge in [0.2, 0.25) is 0 Å². The zero-order valence-electron chi connectivity index (χ0n) is 9.49. The molecule has 0 aliphatic carbocycles. The van der Waals surface area contributed by atoms with E-state index in [4.69, 9.17) is 11.6 Å². The maximum atomic E-state index is 12.0. The van der Waals surface area contributed by atoms with E-state index in [0.29, 0.717) is 11.4 Å². The standard InChI is InChI=1S/C14H11ClINO/c15-9-10-5-7-11(8-6-10)17-14(18)12-3-1-2-4-13(12)16/h1-8H,9H2,(H,17,18). The Bertz CT molecular complexity index is 554. The van der Waals surface area contributed by atoms with Crippen molar-refractivity contribution in [2.75, 3.05) is 5.32 Å². The molecule has 0 radical (unpaired) electrons. The van der Waals surface area contributed by atoms with Crippen LogP contribution in [0.25, 0.3) is 0 Å². The molecule has 0 heterocycles. The summed E-state index contributed by atoms with van der Waals surface area (Å²) >= 11 is 7.86. The molecule has 0 saturated carbocycles. The van der Waals surface area contributed by atoms with Gasteiger partial charge >= 0.3 is 0 Å². The van der Waals surface area contributed by atoms with E-state index in [1.54, 1.807) is 0 Å². The summed E-state index contributed by atoms with van der Waals surface area (Å²) in [5.41, 5.74) is 2.48. The number of amides is 1. The van der Waals surface area contributed by atoms with Crippen LogP contribution >= 0.6 is 34.2 Å². The van der Waals surface area contributed by atoms with Crippen LogP contribution in [-0.2, 0) is 5.88 Å². The summed E-state index contributed by atoms with van der Waals surface area (Å²) in [6.07, 6.45) is 0. The zero-order chi connectivity index (χ0) is 13.0. The molecule has 1 N–H and O–H groups in total. The number of hydrogen-bond donors (Lipinski definition) is 1. The number of nitrogens with one attached hydrogen (secondary N) is 1. The van der Waals surface area contributed by atoms with Gasteiger partial charge in [0.25, 0.3) is 5.91 Å². The molecule has 2 rings (SSSR count). The molecule has 0 saturated heterocycles. The molecule has 0 spiro atoms. The number of anilines is 1. The second kappa shape index (κ2) is 6.20. The second-order valence-corrected chi connectivity index (χ2v) is 5.19. The summed E-state index contributed by atoms with van der Waals surface area (Å²) in [7, 11) is 0. The van der Waals surface area contributed by atoms with Gasteiger partial charge in [0, 0.05) is 15.1 Å². The predicted molar refractivity (Wildman–Crippen MR) is 83.1 cm³/mol. The molecule has 0 fully saturated rings. The molecule has 2 aromatic carbocycles. The molecule has 1 amide bonds. The molecule has 0 aromatic heterocycles. The Kier molecular flexibility index (Phi) is 4.60. The van der Waals surface area contributed by atoms with Crippen molar-refractivity contribution >= 4 is 45.8 Å². The zero-order valence-corrected chi connectivity index (χ0v) is 12.4. The van der Waals surface area contributed by atoms with Crippen LogP contribution in [0.2, 0.25) is 0 Å². The van der Waals surface area contributed by atoms with E-state index in [1.807, 2.05) is 48.5 Å². The molecule has 0 bridgehead atoms. The summed E-state index contributed by atoms with van der Waals surface area (Å²) < 4.78 is 0.935. The van der Waals surface area contributed by atoms with Gasteiger partial charge < -0.3 is 5.32 Å².